The highest BCUT2D eigenvalue weighted by Gasteiger charge is 2.15. The summed E-state index contributed by atoms with van der Waals surface area (Å²) < 4.78 is 30.3. The van der Waals surface area contributed by atoms with Crippen LogP contribution < -0.4 is 15.4 Å². The summed E-state index contributed by atoms with van der Waals surface area (Å²) in [6.45, 7) is -0.812. The van der Waals surface area contributed by atoms with Crippen LogP contribution in [0.3, 0.4) is 0 Å². The Morgan fingerprint density at radius 2 is 1.96 bits per heavy atom. The average Bonchev–Trinajstić information content (AvgIpc) is 3.05. The lowest BCUT2D eigenvalue weighted by Crippen LogP contribution is -2.37. The summed E-state index contributed by atoms with van der Waals surface area (Å²) in [5, 5.41) is 13.6. The summed E-state index contributed by atoms with van der Waals surface area (Å²) in [4.78, 5) is 12.1. The maximum Gasteiger partial charge on any atom is 0.387 e. The number of alkyl halides is 2. The largest absolute Gasteiger partial charge is 0.435 e. The molecule has 0 aliphatic rings. The first-order valence-electron chi connectivity index (χ1n) is 7.90. The van der Waals surface area contributed by atoms with Crippen molar-refractivity contribution < 1.29 is 18.3 Å². The number of pyridine rings is 1. The molecule has 3 aromatic rings. The molecule has 3 rings (SSSR count). The highest BCUT2D eigenvalue weighted by molar-refractivity contribution is 5.74. The molecular formula is C17H17F2N5O2. The first kappa shape index (κ1) is 17.6. The van der Waals surface area contributed by atoms with Gasteiger partial charge >= 0.3 is 12.6 Å². The number of benzene rings is 1. The van der Waals surface area contributed by atoms with Crippen LogP contribution in [0.15, 0.2) is 48.7 Å². The molecule has 0 spiro atoms. The van der Waals surface area contributed by atoms with Crippen LogP contribution >= 0.6 is 0 Å². The molecule has 0 saturated heterocycles. The molecule has 26 heavy (non-hydrogen) atoms. The summed E-state index contributed by atoms with van der Waals surface area (Å²) in [7, 11) is 0. The van der Waals surface area contributed by atoms with Gasteiger partial charge in [-0.15, -0.1) is 10.2 Å². The predicted molar refractivity (Wildman–Crippen MR) is 89.8 cm³/mol. The van der Waals surface area contributed by atoms with Gasteiger partial charge in [-0.3, -0.25) is 4.40 Å². The number of nitrogens with one attached hydrogen (secondary N) is 2. The van der Waals surface area contributed by atoms with Crippen molar-refractivity contribution in [3.05, 3.63) is 60.0 Å². The Kier molecular flexibility index (Phi) is 5.26. The second kappa shape index (κ2) is 7.77. The highest BCUT2D eigenvalue weighted by Crippen LogP contribution is 2.15. The predicted octanol–water partition coefficient (Wildman–Crippen LogP) is 2.89. The number of aromatic nitrogens is 3. The minimum Gasteiger partial charge on any atom is -0.435 e. The second-order valence-corrected chi connectivity index (χ2v) is 5.56. The van der Waals surface area contributed by atoms with Gasteiger partial charge in [-0.25, -0.2) is 4.79 Å². The lowest BCUT2D eigenvalue weighted by molar-refractivity contribution is -0.0498. The molecular weight excluding hydrogens is 344 g/mol. The van der Waals surface area contributed by atoms with E-state index in [9.17, 15) is 13.6 Å². The number of halogens is 2. The Morgan fingerprint density at radius 3 is 2.69 bits per heavy atom. The van der Waals surface area contributed by atoms with Gasteiger partial charge in [-0.2, -0.15) is 8.78 Å². The maximum atomic E-state index is 12.1. The zero-order valence-corrected chi connectivity index (χ0v) is 13.9. The number of amides is 2. The summed E-state index contributed by atoms with van der Waals surface area (Å²) in [5.74, 6) is 0.685. The van der Waals surface area contributed by atoms with E-state index in [1.54, 1.807) is 23.5 Å². The summed E-state index contributed by atoms with van der Waals surface area (Å²) in [6.07, 6.45) is 1.82. The normalized spacial score (nSPS) is 12.2. The van der Waals surface area contributed by atoms with Gasteiger partial charge < -0.3 is 15.4 Å². The average molecular weight is 361 g/mol. The topological polar surface area (TPSA) is 80.5 Å². The lowest BCUT2D eigenvalue weighted by Gasteiger charge is -2.13. The minimum absolute atomic E-state index is 0.0699. The molecule has 0 bridgehead atoms. The van der Waals surface area contributed by atoms with Crippen LogP contribution in [0.1, 0.15) is 24.4 Å². The van der Waals surface area contributed by atoms with Crippen molar-refractivity contribution in [1.29, 1.82) is 0 Å². The van der Waals surface area contributed by atoms with E-state index in [0.29, 0.717) is 11.5 Å². The standard InChI is InChI=1S/C17H17F2N5O2/c1-11(15-23-22-14-4-2-3-9-24(14)15)21-17(25)20-10-12-5-7-13(8-6-12)26-16(18)19/h2-9,11,16H,10H2,1H3,(H2,20,21,25). The van der Waals surface area contributed by atoms with E-state index in [2.05, 4.69) is 25.6 Å². The SMILES string of the molecule is CC(NC(=O)NCc1ccc(OC(F)F)cc1)c1nnc2ccccn12. The lowest BCUT2D eigenvalue weighted by atomic mass is 10.2. The van der Waals surface area contributed by atoms with Crippen LogP contribution in [-0.2, 0) is 6.54 Å². The minimum atomic E-state index is -2.86. The van der Waals surface area contributed by atoms with Crippen molar-refractivity contribution in [1.82, 2.24) is 25.2 Å². The maximum absolute atomic E-state index is 12.1. The number of carbonyl (C=O) groups is 1. The van der Waals surface area contributed by atoms with E-state index < -0.39 is 6.61 Å². The number of urea groups is 1. The van der Waals surface area contributed by atoms with Crippen LogP contribution in [0, 0.1) is 0 Å². The number of hydrogen-bond acceptors (Lipinski definition) is 4. The second-order valence-electron chi connectivity index (χ2n) is 5.56. The fourth-order valence-electron chi connectivity index (χ4n) is 2.44. The quantitative estimate of drug-likeness (QED) is 0.707. The number of nitrogens with zero attached hydrogens (tertiary/aromatic N) is 3. The molecule has 0 fully saturated rings. The van der Waals surface area contributed by atoms with Gasteiger partial charge in [-0.05, 0) is 36.8 Å². The number of hydrogen-bond donors (Lipinski definition) is 2. The van der Waals surface area contributed by atoms with E-state index in [1.165, 1.54) is 12.1 Å². The molecule has 2 N–H and O–H groups in total. The van der Waals surface area contributed by atoms with Gasteiger partial charge in [0.05, 0.1) is 6.04 Å². The highest BCUT2D eigenvalue weighted by atomic mass is 19.3. The van der Waals surface area contributed by atoms with Crippen LogP contribution in [0.2, 0.25) is 0 Å². The Balaban J connectivity index is 1.54. The van der Waals surface area contributed by atoms with Gasteiger partial charge in [0.25, 0.3) is 0 Å². The number of ether oxygens (including phenoxy) is 1. The molecule has 9 heteroatoms. The first-order valence-corrected chi connectivity index (χ1v) is 7.90. The fraction of sp³-hybridized carbons (Fsp3) is 0.235. The fourth-order valence-corrected chi connectivity index (χ4v) is 2.44. The van der Waals surface area contributed by atoms with Crippen LogP contribution in [0.25, 0.3) is 5.65 Å². The van der Waals surface area contributed by atoms with E-state index in [-0.39, 0.29) is 24.4 Å². The molecule has 1 atom stereocenters. The molecule has 0 aliphatic heterocycles. The van der Waals surface area contributed by atoms with Crippen molar-refractivity contribution in [3.63, 3.8) is 0 Å². The van der Waals surface area contributed by atoms with Gasteiger partial charge in [0, 0.05) is 12.7 Å². The van der Waals surface area contributed by atoms with Crippen molar-refractivity contribution in [2.45, 2.75) is 26.1 Å². The van der Waals surface area contributed by atoms with Crippen LogP contribution in [-0.4, -0.2) is 27.2 Å². The molecule has 2 heterocycles. The van der Waals surface area contributed by atoms with Gasteiger partial charge in [0.15, 0.2) is 11.5 Å². The van der Waals surface area contributed by atoms with Gasteiger partial charge in [0.2, 0.25) is 0 Å². The summed E-state index contributed by atoms with van der Waals surface area (Å²) >= 11 is 0. The third-order valence-corrected chi connectivity index (χ3v) is 3.68. The Hall–Kier alpha value is -3.23. The smallest absolute Gasteiger partial charge is 0.387 e. The van der Waals surface area contributed by atoms with E-state index in [1.807, 2.05) is 24.4 Å². The first-order chi connectivity index (χ1) is 12.5. The van der Waals surface area contributed by atoms with Gasteiger partial charge in [-0.1, -0.05) is 18.2 Å². The monoisotopic (exact) mass is 361 g/mol. The molecule has 2 aromatic heterocycles. The van der Waals surface area contributed by atoms with E-state index in [0.717, 1.165) is 5.56 Å². The molecule has 1 aromatic carbocycles. The van der Waals surface area contributed by atoms with Gasteiger partial charge in [0.1, 0.15) is 5.75 Å². The zero-order chi connectivity index (χ0) is 18.5. The van der Waals surface area contributed by atoms with Crippen molar-refractivity contribution in [3.8, 4) is 5.75 Å². The zero-order valence-electron chi connectivity index (χ0n) is 13.9. The van der Waals surface area contributed by atoms with Crippen LogP contribution in [0.5, 0.6) is 5.75 Å². The van der Waals surface area contributed by atoms with E-state index >= 15 is 0 Å². The van der Waals surface area contributed by atoms with Crippen molar-refractivity contribution in [2.24, 2.45) is 0 Å². The third kappa shape index (κ3) is 4.24. The van der Waals surface area contributed by atoms with Crippen LogP contribution in [0.4, 0.5) is 13.6 Å². The third-order valence-electron chi connectivity index (χ3n) is 3.68. The molecule has 7 nitrogen and oxygen atoms in total. The molecule has 1 unspecified atom stereocenters. The summed E-state index contributed by atoms with van der Waals surface area (Å²) in [5.41, 5.74) is 1.45. The molecule has 2 amide bonds. The molecule has 0 saturated carbocycles. The van der Waals surface area contributed by atoms with Crippen molar-refractivity contribution >= 4 is 11.7 Å². The number of fused-ring (bicyclic) bond motifs is 1. The Labute approximate surface area is 148 Å². The molecule has 136 valence electrons. The van der Waals surface area contributed by atoms with Crippen molar-refractivity contribution in [2.75, 3.05) is 0 Å². The van der Waals surface area contributed by atoms with E-state index in [4.69, 9.17) is 0 Å². The molecule has 0 aliphatic carbocycles. The summed E-state index contributed by atoms with van der Waals surface area (Å²) in [6, 6.07) is 10.9. The molecule has 0 radical (unpaired) electrons. The number of rotatable bonds is 6. The number of carbonyl (C=O) groups excluding carboxylic acids is 1. The Morgan fingerprint density at radius 1 is 1.19 bits per heavy atom. The Bertz CT molecular complexity index is 882.